The fourth-order valence-corrected chi connectivity index (χ4v) is 9.09. The van der Waals surface area contributed by atoms with Gasteiger partial charge in [-0.2, -0.15) is 0 Å². The monoisotopic (exact) mass is 734 g/mol. The van der Waals surface area contributed by atoms with Gasteiger partial charge in [0, 0.05) is 49.8 Å². The Kier molecular flexibility index (Phi) is 7.01. The van der Waals surface area contributed by atoms with Crippen molar-refractivity contribution in [2.45, 2.75) is 18.1 Å². The number of amidine groups is 2. The Balaban J connectivity index is 1.02. The van der Waals surface area contributed by atoms with Crippen LogP contribution in [0.1, 0.15) is 34.3 Å². The topological polar surface area (TPSA) is 66.3 Å². The van der Waals surface area contributed by atoms with Crippen LogP contribution < -0.4 is 10.2 Å². The highest BCUT2D eigenvalue weighted by molar-refractivity contribution is 6.22. The Hall–Kier alpha value is -7.44. The first-order chi connectivity index (χ1) is 28.3. The van der Waals surface area contributed by atoms with Crippen molar-refractivity contribution in [3.63, 3.8) is 0 Å². The number of hydrogen-bond acceptors (Lipinski definition) is 6. The van der Waals surface area contributed by atoms with Gasteiger partial charge in [0.1, 0.15) is 28.8 Å². The molecular formula is C51H34N4O2. The Bertz CT molecular complexity index is 3190. The van der Waals surface area contributed by atoms with Crippen molar-refractivity contribution in [1.82, 2.24) is 5.32 Å². The summed E-state index contributed by atoms with van der Waals surface area (Å²) in [6, 6.07) is 55.0. The third kappa shape index (κ3) is 4.97. The Labute approximate surface area is 328 Å². The number of allylic oxidation sites excluding steroid dienone is 2. The standard InChI is InChI=1S/C51H34N4O2/c1-3-14-31(15-4-1)49-52-50(32-16-5-2-6-17-32)54-51(53-49)39-23-13-27-45-46(39)40-30-33(28-29-44(40)56-45)34-20-11-21-37-38-22-12-26-43(48(38)57-47(34)37)55-41-24-9-7-18-35(41)36-19-8-10-25-42(36)55/h1-30,35,41,49H,(H,52,53,54). The zero-order chi connectivity index (χ0) is 37.5. The van der Waals surface area contributed by atoms with E-state index in [4.69, 9.17) is 18.8 Å². The predicted molar refractivity (Wildman–Crippen MR) is 232 cm³/mol. The maximum atomic E-state index is 7.03. The van der Waals surface area contributed by atoms with Gasteiger partial charge >= 0.3 is 0 Å². The van der Waals surface area contributed by atoms with E-state index in [1.807, 2.05) is 48.5 Å². The zero-order valence-corrected chi connectivity index (χ0v) is 30.7. The predicted octanol–water partition coefficient (Wildman–Crippen LogP) is 12.4. The van der Waals surface area contributed by atoms with E-state index in [9.17, 15) is 0 Å². The summed E-state index contributed by atoms with van der Waals surface area (Å²) >= 11 is 0. The number of furan rings is 2. The summed E-state index contributed by atoms with van der Waals surface area (Å²) in [5.41, 5.74) is 12.0. The summed E-state index contributed by atoms with van der Waals surface area (Å²) < 4.78 is 13.6. The molecule has 0 amide bonds. The van der Waals surface area contributed by atoms with Crippen molar-refractivity contribution in [2.75, 3.05) is 4.90 Å². The molecule has 4 heterocycles. The smallest absolute Gasteiger partial charge is 0.160 e. The van der Waals surface area contributed by atoms with Gasteiger partial charge in [-0.15, -0.1) is 0 Å². The van der Waals surface area contributed by atoms with Crippen molar-refractivity contribution in [3.8, 4) is 11.1 Å². The van der Waals surface area contributed by atoms with Crippen LogP contribution in [0.15, 0.2) is 201 Å². The molecule has 1 aliphatic carbocycles. The van der Waals surface area contributed by atoms with Crippen molar-refractivity contribution >= 4 is 66.9 Å². The molecule has 12 rings (SSSR count). The molecule has 7 aromatic carbocycles. The molecule has 0 spiro atoms. The van der Waals surface area contributed by atoms with Gasteiger partial charge in [-0.25, -0.2) is 9.98 Å². The van der Waals surface area contributed by atoms with Crippen molar-refractivity contribution < 1.29 is 8.83 Å². The molecule has 6 heteroatoms. The second kappa shape index (κ2) is 12.5. The van der Waals surface area contributed by atoms with Crippen LogP contribution in [-0.2, 0) is 0 Å². The van der Waals surface area contributed by atoms with Gasteiger partial charge < -0.3 is 19.1 Å². The number of benzene rings is 7. The Morgan fingerprint density at radius 2 is 1.28 bits per heavy atom. The molecule has 0 saturated carbocycles. The van der Waals surface area contributed by atoms with Gasteiger partial charge in [-0.05, 0) is 47.0 Å². The third-order valence-corrected chi connectivity index (χ3v) is 11.7. The molecule has 6 nitrogen and oxygen atoms in total. The van der Waals surface area contributed by atoms with E-state index in [1.54, 1.807) is 0 Å². The van der Waals surface area contributed by atoms with E-state index >= 15 is 0 Å². The number of para-hydroxylation sites is 3. The molecule has 270 valence electrons. The average molecular weight is 735 g/mol. The van der Waals surface area contributed by atoms with E-state index < -0.39 is 0 Å². The van der Waals surface area contributed by atoms with Crippen LogP contribution >= 0.6 is 0 Å². The summed E-state index contributed by atoms with van der Waals surface area (Å²) in [4.78, 5) is 12.8. The Morgan fingerprint density at radius 3 is 2.18 bits per heavy atom. The highest BCUT2D eigenvalue weighted by atomic mass is 16.3. The van der Waals surface area contributed by atoms with Crippen LogP contribution in [0.5, 0.6) is 0 Å². The van der Waals surface area contributed by atoms with Crippen molar-refractivity contribution in [3.05, 3.63) is 204 Å². The molecule has 3 atom stereocenters. The summed E-state index contributed by atoms with van der Waals surface area (Å²) in [5.74, 6) is 1.72. The summed E-state index contributed by atoms with van der Waals surface area (Å²) in [6.07, 6.45) is 8.64. The summed E-state index contributed by atoms with van der Waals surface area (Å²) in [6.45, 7) is 0. The molecule has 2 aliphatic heterocycles. The van der Waals surface area contributed by atoms with Crippen LogP contribution in [0.4, 0.5) is 11.4 Å². The minimum absolute atomic E-state index is 0.178. The third-order valence-electron chi connectivity index (χ3n) is 11.7. The van der Waals surface area contributed by atoms with Gasteiger partial charge in [0.2, 0.25) is 0 Å². The maximum Gasteiger partial charge on any atom is 0.160 e. The van der Waals surface area contributed by atoms with Crippen LogP contribution in [0, 0.1) is 0 Å². The molecule has 3 aliphatic rings. The van der Waals surface area contributed by atoms with Gasteiger partial charge in [0.15, 0.2) is 11.4 Å². The SMILES string of the molecule is C1=CC2c3ccccc3N(c3cccc4c3oc3c(-c5ccc6oc7cccc(C8=NC(c9ccccc9)NC(c9ccccc9)=N8)c7c6c5)cccc34)C2C=C1. The number of rotatable bonds is 5. The normalized spacial score (nSPS) is 18.5. The van der Waals surface area contributed by atoms with Gasteiger partial charge in [0.05, 0.1) is 11.7 Å². The van der Waals surface area contributed by atoms with E-state index in [0.29, 0.717) is 11.8 Å². The van der Waals surface area contributed by atoms with Gasteiger partial charge in [-0.1, -0.05) is 152 Å². The first kappa shape index (κ1) is 31.9. The lowest BCUT2D eigenvalue weighted by Gasteiger charge is -2.28. The number of hydrogen-bond donors (Lipinski definition) is 1. The molecule has 57 heavy (non-hydrogen) atoms. The van der Waals surface area contributed by atoms with Crippen molar-refractivity contribution in [2.24, 2.45) is 9.98 Å². The quantitative estimate of drug-likeness (QED) is 0.191. The second-order valence-corrected chi connectivity index (χ2v) is 14.9. The summed E-state index contributed by atoms with van der Waals surface area (Å²) in [5, 5.41) is 7.75. The fraction of sp³-hybridized carbons (Fsp3) is 0.0588. The molecule has 0 radical (unpaired) electrons. The van der Waals surface area contributed by atoms with Crippen molar-refractivity contribution in [1.29, 1.82) is 0 Å². The highest BCUT2D eigenvalue weighted by Crippen LogP contribution is 2.50. The number of fused-ring (bicyclic) bond motifs is 9. The van der Waals surface area contributed by atoms with E-state index in [0.717, 1.165) is 83.2 Å². The minimum atomic E-state index is -0.306. The lowest BCUT2D eigenvalue weighted by Crippen LogP contribution is -2.33. The number of nitrogens with one attached hydrogen (secondary N) is 1. The van der Waals surface area contributed by atoms with E-state index in [2.05, 4.69) is 144 Å². The molecule has 0 fully saturated rings. The van der Waals surface area contributed by atoms with Crippen LogP contribution in [0.25, 0.3) is 55.0 Å². The number of anilines is 2. The summed E-state index contributed by atoms with van der Waals surface area (Å²) in [7, 11) is 0. The minimum Gasteiger partial charge on any atom is -0.456 e. The lowest BCUT2D eigenvalue weighted by molar-refractivity contribution is 0.664. The second-order valence-electron chi connectivity index (χ2n) is 14.9. The fourth-order valence-electron chi connectivity index (χ4n) is 9.09. The van der Waals surface area contributed by atoms with E-state index in [1.165, 1.54) is 11.3 Å². The van der Waals surface area contributed by atoms with Crippen LogP contribution in [-0.4, -0.2) is 17.7 Å². The highest BCUT2D eigenvalue weighted by Gasteiger charge is 2.38. The first-order valence-corrected chi connectivity index (χ1v) is 19.4. The number of nitrogens with zero attached hydrogens (tertiary/aromatic N) is 3. The lowest BCUT2D eigenvalue weighted by atomic mass is 9.91. The van der Waals surface area contributed by atoms with Gasteiger partial charge in [0.25, 0.3) is 0 Å². The first-order valence-electron chi connectivity index (χ1n) is 19.4. The average Bonchev–Trinajstić information content (AvgIpc) is 3.96. The maximum absolute atomic E-state index is 7.03. The van der Waals surface area contributed by atoms with E-state index in [-0.39, 0.29) is 12.2 Å². The molecule has 2 aromatic heterocycles. The molecule has 0 saturated heterocycles. The number of aliphatic imine (C=N–C) groups is 2. The largest absolute Gasteiger partial charge is 0.456 e. The molecule has 9 aromatic rings. The van der Waals surface area contributed by atoms with Crippen LogP contribution in [0.2, 0.25) is 0 Å². The molecule has 0 bridgehead atoms. The van der Waals surface area contributed by atoms with Gasteiger partial charge in [-0.3, -0.25) is 0 Å². The molecule has 1 N–H and O–H groups in total. The molecular weight excluding hydrogens is 701 g/mol. The Morgan fingerprint density at radius 1 is 0.544 bits per heavy atom. The molecule has 3 unspecified atom stereocenters. The zero-order valence-electron chi connectivity index (χ0n) is 30.7. The van der Waals surface area contributed by atoms with Crippen LogP contribution in [0.3, 0.4) is 0 Å².